The highest BCUT2D eigenvalue weighted by Gasteiger charge is 2.50. The van der Waals surface area contributed by atoms with Gasteiger partial charge in [-0.2, -0.15) is 0 Å². The molecule has 2 atom stereocenters. The van der Waals surface area contributed by atoms with Crippen LogP contribution in [-0.2, 0) is 33.4 Å². The summed E-state index contributed by atoms with van der Waals surface area (Å²) in [4.78, 5) is 58.7. The van der Waals surface area contributed by atoms with Gasteiger partial charge in [0.05, 0.1) is 0 Å². The van der Waals surface area contributed by atoms with E-state index in [1.165, 1.54) is 6.42 Å². The lowest BCUT2D eigenvalue weighted by atomic mass is 9.88. The number of hydrogen-bond acceptors (Lipinski definition) is 7. The van der Waals surface area contributed by atoms with Gasteiger partial charge in [-0.15, -0.1) is 0 Å². The van der Waals surface area contributed by atoms with E-state index >= 15 is 0 Å². The molecular formula is C25H43NO8. The third-order valence-electron chi connectivity index (χ3n) is 5.62. The molecule has 0 bridgehead atoms. The van der Waals surface area contributed by atoms with Crippen molar-refractivity contribution < 1.29 is 38.6 Å². The maximum absolute atomic E-state index is 12.1. The van der Waals surface area contributed by atoms with Gasteiger partial charge in [0.25, 0.3) is 0 Å². The molecule has 2 N–H and O–H groups in total. The number of Topliss-reactive ketones (excluding diaryl/α,β-unsaturated/α-hetero) is 1. The number of amides is 1. The number of ketones is 1. The monoisotopic (exact) mass is 485 g/mol. The molecule has 196 valence electrons. The molecule has 9 nitrogen and oxygen atoms in total. The fraction of sp³-hybridized carbons (Fsp3) is 0.800. The Morgan fingerprint density at radius 3 is 1.79 bits per heavy atom. The number of esters is 2. The van der Waals surface area contributed by atoms with E-state index in [4.69, 9.17) is 9.47 Å². The lowest BCUT2D eigenvalue weighted by molar-refractivity contribution is -0.170. The van der Waals surface area contributed by atoms with E-state index in [9.17, 15) is 29.1 Å². The predicted octanol–water partition coefficient (Wildman–Crippen LogP) is 4.10. The fourth-order valence-electron chi connectivity index (χ4n) is 3.83. The van der Waals surface area contributed by atoms with E-state index in [1.807, 2.05) is 0 Å². The molecule has 0 aromatic rings. The van der Waals surface area contributed by atoms with Crippen molar-refractivity contribution in [2.75, 3.05) is 6.61 Å². The standard InChI is InChI=1S/C25H43NO8/c1-5-6-7-12-15-22(30)16-13-10-8-9-11-14-17-23(34-21(4)29)25(24(31)32,26-19(2)27)18-33-20(3)28/h23H,5-18H2,1-4H3,(H,26,27)(H,31,32)/t23-,25+/m1/s1. The van der Waals surface area contributed by atoms with Crippen LogP contribution in [0.2, 0.25) is 0 Å². The first-order chi connectivity index (χ1) is 16.0. The van der Waals surface area contributed by atoms with E-state index in [1.54, 1.807) is 0 Å². The highest BCUT2D eigenvalue weighted by atomic mass is 16.6. The van der Waals surface area contributed by atoms with E-state index < -0.39 is 42.1 Å². The highest BCUT2D eigenvalue weighted by molar-refractivity contribution is 5.87. The van der Waals surface area contributed by atoms with Gasteiger partial charge in [0.15, 0.2) is 0 Å². The van der Waals surface area contributed by atoms with Crippen molar-refractivity contribution in [2.24, 2.45) is 0 Å². The molecule has 1 amide bonds. The molecule has 0 saturated carbocycles. The van der Waals surface area contributed by atoms with Crippen molar-refractivity contribution >= 4 is 29.6 Å². The molecule has 0 aromatic heterocycles. The number of carbonyl (C=O) groups is 5. The fourth-order valence-corrected chi connectivity index (χ4v) is 3.83. The first-order valence-corrected chi connectivity index (χ1v) is 12.4. The number of carboxylic acid groups (broad SMARTS) is 1. The summed E-state index contributed by atoms with van der Waals surface area (Å²) in [5, 5.41) is 12.2. The van der Waals surface area contributed by atoms with Crippen LogP contribution in [0, 0.1) is 0 Å². The van der Waals surface area contributed by atoms with Gasteiger partial charge in [-0.25, -0.2) is 4.79 Å². The minimum atomic E-state index is -2.07. The number of hydrogen-bond donors (Lipinski definition) is 2. The third kappa shape index (κ3) is 14.0. The van der Waals surface area contributed by atoms with Crippen LogP contribution < -0.4 is 5.32 Å². The Kier molecular flexibility index (Phi) is 16.7. The zero-order valence-corrected chi connectivity index (χ0v) is 21.3. The van der Waals surface area contributed by atoms with E-state index in [-0.39, 0.29) is 6.42 Å². The Balaban J connectivity index is 4.65. The summed E-state index contributed by atoms with van der Waals surface area (Å²) >= 11 is 0. The summed E-state index contributed by atoms with van der Waals surface area (Å²) in [6.45, 7) is 4.92. The molecule has 9 heteroatoms. The maximum atomic E-state index is 12.1. The van der Waals surface area contributed by atoms with Crippen LogP contribution >= 0.6 is 0 Å². The number of carboxylic acids is 1. The summed E-state index contributed by atoms with van der Waals surface area (Å²) in [5.41, 5.74) is -2.07. The highest BCUT2D eigenvalue weighted by Crippen LogP contribution is 2.23. The van der Waals surface area contributed by atoms with E-state index in [0.29, 0.717) is 25.0 Å². The van der Waals surface area contributed by atoms with Crippen LogP contribution in [0.1, 0.15) is 111 Å². The van der Waals surface area contributed by atoms with Crippen molar-refractivity contribution in [3.8, 4) is 0 Å². The van der Waals surface area contributed by atoms with Gasteiger partial charge in [-0.05, 0) is 25.7 Å². The first kappa shape index (κ1) is 31.6. The number of ether oxygens (including phenoxy) is 2. The van der Waals surface area contributed by atoms with Crippen LogP contribution in [0.4, 0.5) is 0 Å². The number of aliphatic carboxylic acids is 1. The SMILES string of the molecule is CCCCCCC(=O)CCCCCCCC[C@@H](OC(C)=O)[C@](COC(C)=O)(NC(C)=O)C(=O)O. The van der Waals surface area contributed by atoms with Crippen LogP contribution in [0.15, 0.2) is 0 Å². The number of nitrogens with one attached hydrogen (secondary N) is 1. The van der Waals surface area contributed by atoms with E-state index in [2.05, 4.69) is 12.2 Å². The summed E-state index contributed by atoms with van der Waals surface area (Å²) in [7, 11) is 0. The minimum Gasteiger partial charge on any atom is -0.479 e. The third-order valence-corrected chi connectivity index (χ3v) is 5.62. The molecule has 0 rings (SSSR count). The summed E-state index contributed by atoms with van der Waals surface area (Å²) in [5.74, 6) is -3.17. The van der Waals surface area contributed by atoms with Crippen molar-refractivity contribution in [2.45, 2.75) is 123 Å². The molecule has 0 spiro atoms. The average molecular weight is 486 g/mol. The molecule has 0 radical (unpaired) electrons. The second kappa shape index (κ2) is 18.0. The van der Waals surface area contributed by atoms with Crippen molar-refractivity contribution in [3.05, 3.63) is 0 Å². The maximum Gasteiger partial charge on any atom is 0.336 e. The van der Waals surface area contributed by atoms with Crippen LogP contribution in [0.5, 0.6) is 0 Å². The second-order valence-corrected chi connectivity index (χ2v) is 8.85. The molecule has 0 saturated heterocycles. The zero-order chi connectivity index (χ0) is 26.0. The lowest BCUT2D eigenvalue weighted by Crippen LogP contribution is -2.65. The quantitative estimate of drug-likeness (QED) is 0.194. The van der Waals surface area contributed by atoms with Crippen LogP contribution in [0.3, 0.4) is 0 Å². The number of carbonyl (C=O) groups excluding carboxylic acids is 4. The van der Waals surface area contributed by atoms with Crippen LogP contribution in [-0.4, -0.2) is 53.0 Å². The minimum absolute atomic E-state index is 0.184. The van der Waals surface area contributed by atoms with Crippen molar-refractivity contribution in [3.63, 3.8) is 0 Å². The molecule has 0 aliphatic carbocycles. The van der Waals surface area contributed by atoms with Gasteiger partial charge < -0.3 is 19.9 Å². The van der Waals surface area contributed by atoms with Gasteiger partial charge in [0.1, 0.15) is 18.5 Å². The normalized spacial score (nSPS) is 13.4. The van der Waals surface area contributed by atoms with Crippen molar-refractivity contribution in [1.29, 1.82) is 0 Å². The Morgan fingerprint density at radius 1 is 0.794 bits per heavy atom. The second-order valence-electron chi connectivity index (χ2n) is 8.85. The first-order valence-electron chi connectivity index (χ1n) is 12.4. The van der Waals surface area contributed by atoms with E-state index in [0.717, 1.165) is 72.1 Å². The van der Waals surface area contributed by atoms with Gasteiger partial charge in [-0.3, -0.25) is 19.2 Å². The Hall–Kier alpha value is -2.45. The molecular weight excluding hydrogens is 442 g/mol. The number of rotatable bonds is 20. The molecule has 0 heterocycles. The topological polar surface area (TPSA) is 136 Å². The molecule has 34 heavy (non-hydrogen) atoms. The van der Waals surface area contributed by atoms with Gasteiger partial charge in [0.2, 0.25) is 11.4 Å². The zero-order valence-electron chi connectivity index (χ0n) is 21.3. The van der Waals surface area contributed by atoms with Gasteiger partial charge in [0, 0.05) is 33.6 Å². The number of unbranched alkanes of at least 4 members (excludes halogenated alkanes) is 8. The van der Waals surface area contributed by atoms with Gasteiger partial charge >= 0.3 is 17.9 Å². The molecule has 0 aliphatic heterocycles. The predicted molar refractivity (Wildman–Crippen MR) is 127 cm³/mol. The smallest absolute Gasteiger partial charge is 0.336 e. The molecule has 0 aliphatic rings. The Bertz CT molecular complexity index is 663. The Labute approximate surface area is 203 Å². The molecule has 0 aromatic carbocycles. The van der Waals surface area contributed by atoms with Gasteiger partial charge in [-0.1, -0.05) is 51.9 Å². The van der Waals surface area contributed by atoms with Crippen molar-refractivity contribution in [1.82, 2.24) is 5.32 Å². The summed E-state index contributed by atoms with van der Waals surface area (Å²) < 4.78 is 10.2. The largest absolute Gasteiger partial charge is 0.479 e. The van der Waals surface area contributed by atoms with Crippen LogP contribution in [0.25, 0.3) is 0 Å². The summed E-state index contributed by atoms with van der Waals surface area (Å²) in [6.07, 6.45) is 9.69. The molecule has 0 fully saturated rings. The average Bonchev–Trinajstić information content (AvgIpc) is 2.74. The lowest BCUT2D eigenvalue weighted by Gasteiger charge is -2.36. The molecule has 0 unspecified atom stereocenters. The Morgan fingerprint density at radius 2 is 1.32 bits per heavy atom. The summed E-state index contributed by atoms with van der Waals surface area (Å²) in [6, 6.07) is 0.